The molecule has 7 heteroatoms. The number of carbonyl (C=O) groups excluding carboxylic acids is 1. The SMILES string of the molecule is Cc1ccc(NC(=O)N(Cc2cccc(OS(C)(=O)=O)c2)CC(C)C)cc1. The van der Waals surface area contributed by atoms with Crippen LogP contribution in [0.1, 0.15) is 25.0 Å². The van der Waals surface area contributed by atoms with Crippen molar-refractivity contribution in [3.8, 4) is 5.75 Å². The Hall–Kier alpha value is -2.54. The summed E-state index contributed by atoms with van der Waals surface area (Å²) in [6.07, 6.45) is 1.000. The van der Waals surface area contributed by atoms with Crippen LogP contribution < -0.4 is 9.50 Å². The van der Waals surface area contributed by atoms with Crippen LogP contribution in [0.3, 0.4) is 0 Å². The van der Waals surface area contributed by atoms with E-state index in [1.54, 1.807) is 23.1 Å². The maximum Gasteiger partial charge on any atom is 0.322 e. The molecule has 2 aromatic carbocycles. The molecule has 1 N–H and O–H groups in total. The fourth-order valence-corrected chi connectivity index (χ4v) is 3.04. The van der Waals surface area contributed by atoms with E-state index in [2.05, 4.69) is 5.32 Å². The number of benzene rings is 2. The van der Waals surface area contributed by atoms with Crippen molar-refractivity contribution >= 4 is 21.8 Å². The van der Waals surface area contributed by atoms with Crippen molar-refractivity contribution in [2.45, 2.75) is 27.3 Å². The lowest BCUT2D eigenvalue weighted by atomic mass is 10.1. The third-order valence-corrected chi connectivity index (χ3v) is 4.19. The highest BCUT2D eigenvalue weighted by Gasteiger charge is 2.16. The minimum absolute atomic E-state index is 0.206. The molecule has 0 unspecified atom stereocenters. The summed E-state index contributed by atoms with van der Waals surface area (Å²) in [5.74, 6) is 0.516. The molecule has 0 fully saturated rings. The normalized spacial score (nSPS) is 11.3. The number of nitrogens with zero attached hydrogens (tertiary/aromatic N) is 1. The Labute approximate surface area is 161 Å². The molecule has 0 spiro atoms. The standard InChI is InChI=1S/C20H26N2O4S/c1-15(2)13-22(20(23)21-18-10-8-16(3)9-11-18)14-17-6-5-7-19(12-17)26-27(4,24)25/h5-12,15H,13-14H2,1-4H3,(H,21,23). The fraction of sp³-hybridized carbons (Fsp3) is 0.350. The first-order valence-corrected chi connectivity index (χ1v) is 10.5. The first-order chi connectivity index (χ1) is 12.6. The average Bonchev–Trinajstić information content (AvgIpc) is 2.54. The van der Waals surface area contributed by atoms with Crippen molar-refractivity contribution in [1.29, 1.82) is 0 Å². The van der Waals surface area contributed by atoms with Gasteiger partial charge in [-0.15, -0.1) is 0 Å². The molecule has 0 aliphatic rings. The lowest BCUT2D eigenvalue weighted by molar-refractivity contribution is 0.201. The van der Waals surface area contributed by atoms with Gasteiger partial charge in [-0.1, -0.05) is 43.7 Å². The van der Waals surface area contributed by atoms with Gasteiger partial charge < -0.3 is 14.4 Å². The maximum atomic E-state index is 12.7. The Bertz CT molecular complexity index is 877. The van der Waals surface area contributed by atoms with Crippen molar-refractivity contribution < 1.29 is 17.4 Å². The maximum absolute atomic E-state index is 12.7. The number of nitrogens with one attached hydrogen (secondary N) is 1. The van der Waals surface area contributed by atoms with E-state index in [0.717, 1.165) is 23.1 Å². The van der Waals surface area contributed by atoms with Crippen LogP contribution in [0, 0.1) is 12.8 Å². The Balaban J connectivity index is 2.15. The molecule has 0 heterocycles. The summed E-state index contributed by atoms with van der Waals surface area (Å²) in [4.78, 5) is 14.4. The molecular formula is C20H26N2O4S. The number of carbonyl (C=O) groups is 1. The van der Waals surface area contributed by atoms with Crippen molar-refractivity contribution in [3.63, 3.8) is 0 Å². The summed E-state index contributed by atoms with van der Waals surface area (Å²) in [5.41, 5.74) is 2.64. The molecule has 6 nitrogen and oxygen atoms in total. The van der Waals surface area contributed by atoms with E-state index in [1.807, 2.05) is 51.1 Å². The first-order valence-electron chi connectivity index (χ1n) is 8.73. The van der Waals surface area contributed by atoms with Gasteiger partial charge in [0, 0.05) is 18.8 Å². The van der Waals surface area contributed by atoms with E-state index >= 15 is 0 Å². The largest absolute Gasteiger partial charge is 0.383 e. The predicted molar refractivity (Wildman–Crippen MR) is 107 cm³/mol. The fourth-order valence-electron chi connectivity index (χ4n) is 2.59. The average molecular weight is 391 g/mol. The van der Waals surface area contributed by atoms with Gasteiger partial charge in [-0.05, 0) is 42.7 Å². The summed E-state index contributed by atoms with van der Waals surface area (Å²) in [7, 11) is -3.59. The van der Waals surface area contributed by atoms with Crippen LogP contribution in [0.25, 0.3) is 0 Å². The van der Waals surface area contributed by atoms with E-state index in [-0.39, 0.29) is 17.7 Å². The van der Waals surface area contributed by atoms with Gasteiger partial charge in [0.25, 0.3) is 0 Å². The van der Waals surface area contributed by atoms with Gasteiger partial charge in [0.1, 0.15) is 5.75 Å². The Morgan fingerprint density at radius 2 is 1.81 bits per heavy atom. The van der Waals surface area contributed by atoms with E-state index in [0.29, 0.717) is 13.1 Å². The summed E-state index contributed by atoms with van der Waals surface area (Å²) in [6.45, 7) is 6.97. The topological polar surface area (TPSA) is 75.7 Å². The number of hydrogen-bond acceptors (Lipinski definition) is 4. The molecule has 2 amide bonds. The van der Waals surface area contributed by atoms with Gasteiger partial charge in [-0.25, -0.2) is 4.79 Å². The molecule has 27 heavy (non-hydrogen) atoms. The summed E-state index contributed by atoms with van der Waals surface area (Å²) in [5, 5.41) is 2.91. The third-order valence-electron chi connectivity index (χ3n) is 3.70. The lowest BCUT2D eigenvalue weighted by Gasteiger charge is -2.25. The van der Waals surface area contributed by atoms with E-state index in [4.69, 9.17) is 4.18 Å². The Morgan fingerprint density at radius 3 is 2.41 bits per heavy atom. The Morgan fingerprint density at radius 1 is 1.15 bits per heavy atom. The molecule has 0 atom stereocenters. The smallest absolute Gasteiger partial charge is 0.322 e. The number of urea groups is 1. The van der Waals surface area contributed by atoms with Crippen LogP contribution in [0.2, 0.25) is 0 Å². The van der Waals surface area contributed by atoms with Crippen LogP contribution >= 0.6 is 0 Å². The molecule has 0 aliphatic heterocycles. The molecule has 0 bridgehead atoms. The number of anilines is 1. The van der Waals surface area contributed by atoms with Crippen LogP contribution in [-0.4, -0.2) is 32.1 Å². The quantitative estimate of drug-likeness (QED) is 0.725. The number of aryl methyl sites for hydroxylation is 1. The van der Waals surface area contributed by atoms with Gasteiger partial charge in [0.2, 0.25) is 0 Å². The second-order valence-electron chi connectivity index (χ2n) is 7.01. The van der Waals surface area contributed by atoms with Crippen molar-refractivity contribution in [2.75, 3.05) is 18.1 Å². The van der Waals surface area contributed by atoms with Gasteiger partial charge in [-0.2, -0.15) is 8.42 Å². The van der Waals surface area contributed by atoms with Crippen LogP contribution in [-0.2, 0) is 16.7 Å². The van der Waals surface area contributed by atoms with Crippen LogP contribution in [0.15, 0.2) is 48.5 Å². The lowest BCUT2D eigenvalue weighted by Crippen LogP contribution is -2.37. The summed E-state index contributed by atoms with van der Waals surface area (Å²) >= 11 is 0. The minimum atomic E-state index is -3.59. The van der Waals surface area contributed by atoms with E-state index in [1.165, 1.54) is 0 Å². The molecule has 0 radical (unpaired) electrons. The first kappa shape index (κ1) is 20.8. The monoisotopic (exact) mass is 390 g/mol. The van der Waals surface area contributed by atoms with Crippen molar-refractivity contribution in [1.82, 2.24) is 4.90 Å². The number of amides is 2. The summed E-state index contributed by atoms with van der Waals surface area (Å²) in [6, 6.07) is 14.1. The molecule has 146 valence electrons. The van der Waals surface area contributed by atoms with Gasteiger partial charge >= 0.3 is 16.1 Å². The van der Waals surface area contributed by atoms with Crippen LogP contribution in [0.4, 0.5) is 10.5 Å². The summed E-state index contributed by atoms with van der Waals surface area (Å²) < 4.78 is 27.6. The highest BCUT2D eigenvalue weighted by molar-refractivity contribution is 7.86. The number of rotatable bonds is 7. The zero-order chi connectivity index (χ0) is 20.0. The Kier molecular flexibility index (Phi) is 6.85. The zero-order valence-electron chi connectivity index (χ0n) is 16.1. The predicted octanol–water partition coefficient (Wildman–Crippen LogP) is 4.02. The van der Waals surface area contributed by atoms with Gasteiger partial charge in [0.05, 0.1) is 6.26 Å². The van der Waals surface area contributed by atoms with E-state index < -0.39 is 10.1 Å². The molecule has 0 saturated heterocycles. The van der Waals surface area contributed by atoms with Gasteiger partial charge in [-0.3, -0.25) is 0 Å². The highest BCUT2D eigenvalue weighted by atomic mass is 32.2. The zero-order valence-corrected chi connectivity index (χ0v) is 16.9. The number of hydrogen-bond donors (Lipinski definition) is 1. The molecule has 0 aromatic heterocycles. The third kappa shape index (κ3) is 7.30. The molecule has 2 aromatic rings. The second kappa shape index (κ2) is 8.90. The molecule has 0 saturated carbocycles. The van der Waals surface area contributed by atoms with Crippen molar-refractivity contribution in [3.05, 3.63) is 59.7 Å². The van der Waals surface area contributed by atoms with E-state index in [9.17, 15) is 13.2 Å². The molecule has 2 rings (SSSR count). The van der Waals surface area contributed by atoms with Crippen LogP contribution in [0.5, 0.6) is 5.75 Å². The molecular weight excluding hydrogens is 364 g/mol. The minimum Gasteiger partial charge on any atom is -0.383 e. The van der Waals surface area contributed by atoms with Gasteiger partial charge in [0.15, 0.2) is 0 Å². The highest BCUT2D eigenvalue weighted by Crippen LogP contribution is 2.18. The molecule has 0 aliphatic carbocycles. The van der Waals surface area contributed by atoms with Crippen molar-refractivity contribution in [2.24, 2.45) is 5.92 Å². The second-order valence-corrected chi connectivity index (χ2v) is 8.58.